The zero-order valence-corrected chi connectivity index (χ0v) is 15.3. The predicted molar refractivity (Wildman–Crippen MR) is 93.3 cm³/mol. The maximum atomic E-state index is 12.5. The van der Waals surface area contributed by atoms with Gasteiger partial charge in [-0.2, -0.15) is 5.10 Å². The van der Waals surface area contributed by atoms with Gasteiger partial charge in [0.05, 0.1) is 37.2 Å². The number of amides is 1. The molecule has 0 spiro atoms. The van der Waals surface area contributed by atoms with Crippen LogP contribution in [0.2, 0.25) is 0 Å². The largest absolute Gasteiger partial charge is 0.481 e. The van der Waals surface area contributed by atoms with E-state index in [9.17, 15) is 4.79 Å². The topological polar surface area (TPSA) is 72.5 Å². The Hall–Kier alpha value is -2.28. The quantitative estimate of drug-likeness (QED) is 0.869. The van der Waals surface area contributed by atoms with Crippen LogP contribution < -0.4 is 10.1 Å². The molecule has 25 heavy (non-hydrogen) atoms. The van der Waals surface area contributed by atoms with Gasteiger partial charge in [-0.1, -0.05) is 0 Å². The summed E-state index contributed by atoms with van der Waals surface area (Å²) in [4.78, 5) is 14.7. The van der Waals surface area contributed by atoms with E-state index in [1.807, 2.05) is 33.0 Å². The van der Waals surface area contributed by atoms with Gasteiger partial charge in [-0.05, 0) is 45.4 Å². The molecule has 2 aromatic heterocycles. The lowest BCUT2D eigenvalue weighted by Gasteiger charge is -2.25. The van der Waals surface area contributed by atoms with Crippen LogP contribution in [-0.4, -0.2) is 40.8 Å². The fraction of sp³-hybridized carbons (Fsp3) is 0.556. The first-order valence-corrected chi connectivity index (χ1v) is 8.65. The van der Waals surface area contributed by atoms with Crippen LogP contribution in [0.1, 0.15) is 48.9 Å². The van der Waals surface area contributed by atoms with E-state index in [2.05, 4.69) is 15.3 Å². The molecular weight excluding hydrogens is 320 g/mol. The number of rotatable bonds is 6. The number of aromatic nitrogens is 2. The van der Waals surface area contributed by atoms with Gasteiger partial charge in [0.15, 0.2) is 0 Å². The number of hydrogen-bond donors (Lipinski definition) is 1. The molecule has 7 nitrogen and oxygen atoms in total. The van der Waals surface area contributed by atoms with Crippen LogP contribution in [0.25, 0.3) is 0 Å². The van der Waals surface area contributed by atoms with Crippen molar-refractivity contribution < 1.29 is 13.9 Å². The van der Waals surface area contributed by atoms with E-state index >= 15 is 0 Å². The number of aryl methyl sites for hydroxylation is 2. The molecule has 2 unspecified atom stereocenters. The SMILES string of the molecule is COc1c(C2CCCN2CC(=O)NC(C)c2ccco2)c(C)nn1C. The Morgan fingerprint density at radius 2 is 2.36 bits per heavy atom. The summed E-state index contributed by atoms with van der Waals surface area (Å²) in [6.45, 7) is 5.16. The zero-order chi connectivity index (χ0) is 18.0. The van der Waals surface area contributed by atoms with E-state index in [4.69, 9.17) is 9.15 Å². The molecule has 1 amide bonds. The van der Waals surface area contributed by atoms with Crippen molar-refractivity contribution in [2.24, 2.45) is 7.05 Å². The Balaban J connectivity index is 1.69. The molecule has 0 bridgehead atoms. The van der Waals surface area contributed by atoms with Crippen molar-refractivity contribution in [2.75, 3.05) is 20.2 Å². The molecule has 2 aromatic rings. The number of furan rings is 1. The van der Waals surface area contributed by atoms with Gasteiger partial charge in [0, 0.05) is 13.1 Å². The van der Waals surface area contributed by atoms with Crippen molar-refractivity contribution >= 4 is 5.91 Å². The second kappa shape index (κ2) is 7.31. The second-order valence-corrected chi connectivity index (χ2v) is 6.57. The third-order valence-corrected chi connectivity index (χ3v) is 4.80. The normalized spacial score (nSPS) is 19.1. The molecule has 3 heterocycles. The molecule has 136 valence electrons. The maximum absolute atomic E-state index is 12.5. The minimum atomic E-state index is -0.141. The highest BCUT2D eigenvalue weighted by Gasteiger charge is 2.33. The minimum Gasteiger partial charge on any atom is -0.481 e. The highest BCUT2D eigenvalue weighted by atomic mass is 16.5. The summed E-state index contributed by atoms with van der Waals surface area (Å²) in [5.41, 5.74) is 2.05. The Labute approximate surface area is 147 Å². The van der Waals surface area contributed by atoms with Crippen LogP contribution in [0.15, 0.2) is 22.8 Å². The predicted octanol–water partition coefficient (Wildman–Crippen LogP) is 2.34. The van der Waals surface area contributed by atoms with Crippen molar-refractivity contribution in [3.63, 3.8) is 0 Å². The molecule has 0 saturated carbocycles. The molecule has 1 aliphatic rings. The summed E-state index contributed by atoms with van der Waals surface area (Å²) < 4.78 is 12.7. The first-order chi connectivity index (χ1) is 12.0. The molecule has 0 aromatic carbocycles. The molecule has 7 heteroatoms. The molecule has 3 rings (SSSR count). The van der Waals surface area contributed by atoms with Crippen LogP contribution in [0, 0.1) is 6.92 Å². The average Bonchev–Trinajstić information content (AvgIpc) is 3.27. The summed E-state index contributed by atoms with van der Waals surface area (Å²) in [5, 5.41) is 7.48. The molecule has 1 N–H and O–H groups in total. The van der Waals surface area contributed by atoms with Gasteiger partial charge < -0.3 is 14.5 Å². The number of methoxy groups -OCH3 is 1. The fourth-order valence-corrected chi connectivity index (χ4v) is 3.70. The van der Waals surface area contributed by atoms with Gasteiger partial charge in [0.1, 0.15) is 5.76 Å². The highest BCUT2D eigenvalue weighted by Crippen LogP contribution is 2.38. The molecule has 2 atom stereocenters. The monoisotopic (exact) mass is 346 g/mol. The van der Waals surface area contributed by atoms with E-state index in [1.165, 1.54) is 0 Å². The summed E-state index contributed by atoms with van der Waals surface area (Å²) in [6.07, 6.45) is 3.68. The van der Waals surface area contributed by atoms with E-state index in [0.717, 1.165) is 42.3 Å². The van der Waals surface area contributed by atoms with Gasteiger partial charge in [-0.25, -0.2) is 4.68 Å². The van der Waals surface area contributed by atoms with Crippen molar-refractivity contribution in [1.82, 2.24) is 20.0 Å². The lowest BCUT2D eigenvalue weighted by atomic mass is 10.0. The Bertz CT molecular complexity index is 723. The smallest absolute Gasteiger partial charge is 0.234 e. The zero-order valence-electron chi connectivity index (χ0n) is 15.3. The van der Waals surface area contributed by atoms with E-state index < -0.39 is 0 Å². The van der Waals surface area contributed by atoms with E-state index in [1.54, 1.807) is 18.1 Å². The Morgan fingerprint density at radius 3 is 3.04 bits per heavy atom. The third-order valence-electron chi connectivity index (χ3n) is 4.80. The number of nitrogens with zero attached hydrogens (tertiary/aromatic N) is 3. The molecular formula is C18H26N4O3. The number of carbonyl (C=O) groups excluding carboxylic acids is 1. The Kier molecular flexibility index (Phi) is 5.13. The minimum absolute atomic E-state index is 0.00342. The summed E-state index contributed by atoms with van der Waals surface area (Å²) in [7, 11) is 3.55. The number of likely N-dealkylation sites (tertiary alicyclic amines) is 1. The summed E-state index contributed by atoms with van der Waals surface area (Å²) in [6, 6.07) is 3.71. The standard InChI is InChI=1S/C18H26N4O3/c1-12(15-8-6-10-25-15)19-16(23)11-22-9-5-7-14(22)17-13(2)20-21(3)18(17)24-4/h6,8,10,12,14H,5,7,9,11H2,1-4H3,(H,19,23). The van der Waals surface area contributed by atoms with Crippen LogP contribution >= 0.6 is 0 Å². The van der Waals surface area contributed by atoms with Gasteiger partial charge in [0.25, 0.3) is 0 Å². The lowest BCUT2D eigenvalue weighted by molar-refractivity contribution is -0.123. The van der Waals surface area contributed by atoms with E-state index in [-0.39, 0.29) is 18.0 Å². The molecule has 1 aliphatic heterocycles. The van der Waals surface area contributed by atoms with Crippen LogP contribution in [0.5, 0.6) is 5.88 Å². The van der Waals surface area contributed by atoms with E-state index in [0.29, 0.717) is 6.54 Å². The van der Waals surface area contributed by atoms with Gasteiger partial charge in [-0.3, -0.25) is 9.69 Å². The average molecular weight is 346 g/mol. The Morgan fingerprint density at radius 1 is 1.56 bits per heavy atom. The van der Waals surface area contributed by atoms with Crippen molar-refractivity contribution in [3.8, 4) is 5.88 Å². The van der Waals surface area contributed by atoms with Gasteiger partial charge in [-0.15, -0.1) is 0 Å². The number of carbonyl (C=O) groups is 1. The first-order valence-electron chi connectivity index (χ1n) is 8.65. The third kappa shape index (κ3) is 3.56. The van der Waals surface area contributed by atoms with Crippen molar-refractivity contribution in [2.45, 2.75) is 38.8 Å². The van der Waals surface area contributed by atoms with Crippen LogP contribution in [0.3, 0.4) is 0 Å². The maximum Gasteiger partial charge on any atom is 0.234 e. The fourth-order valence-electron chi connectivity index (χ4n) is 3.70. The van der Waals surface area contributed by atoms with Crippen LogP contribution in [-0.2, 0) is 11.8 Å². The molecule has 1 fully saturated rings. The number of nitrogens with one attached hydrogen (secondary N) is 1. The number of ether oxygens (including phenoxy) is 1. The highest BCUT2D eigenvalue weighted by molar-refractivity contribution is 5.78. The van der Waals surface area contributed by atoms with Gasteiger partial charge >= 0.3 is 0 Å². The number of hydrogen-bond acceptors (Lipinski definition) is 5. The lowest BCUT2D eigenvalue weighted by Crippen LogP contribution is -2.38. The summed E-state index contributed by atoms with van der Waals surface area (Å²) >= 11 is 0. The second-order valence-electron chi connectivity index (χ2n) is 6.57. The van der Waals surface area contributed by atoms with Crippen LogP contribution in [0.4, 0.5) is 0 Å². The van der Waals surface area contributed by atoms with Crippen molar-refractivity contribution in [3.05, 3.63) is 35.4 Å². The van der Waals surface area contributed by atoms with Gasteiger partial charge in [0.2, 0.25) is 11.8 Å². The molecule has 1 saturated heterocycles. The molecule has 0 aliphatic carbocycles. The van der Waals surface area contributed by atoms with Crippen molar-refractivity contribution in [1.29, 1.82) is 0 Å². The first kappa shape index (κ1) is 17.5. The summed E-state index contributed by atoms with van der Waals surface area (Å²) in [5.74, 6) is 1.53. The molecule has 0 radical (unpaired) electrons.